The fourth-order valence-corrected chi connectivity index (χ4v) is 4.37. The molecule has 3 aromatic rings. The Kier molecular flexibility index (Phi) is 6.79. The maximum Gasteiger partial charge on any atom is 0.255 e. The van der Waals surface area contributed by atoms with Crippen molar-refractivity contribution in [3.8, 4) is 17.0 Å². The van der Waals surface area contributed by atoms with Gasteiger partial charge in [0.15, 0.2) is 0 Å². The molecule has 0 aliphatic carbocycles. The van der Waals surface area contributed by atoms with Gasteiger partial charge >= 0.3 is 0 Å². The highest BCUT2D eigenvalue weighted by Gasteiger charge is 2.24. The van der Waals surface area contributed by atoms with Crippen molar-refractivity contribution in [2.24, 2.45) is 0 Å². The molecule has 1 amide bonds. The van der Waals surface area contributed by atoms with Gasteiger partial charge in [0.25, 0.3) is 5.91 Å². The van der Waals surface area contributed by atoms with E-state index in [9.17, 15) is 4.79 Å². The molecule has 2 aromatic carbocycles. The maximum atomic E-state index is 11.7. The molecule has 1 saturated heterocycles. The van der Waals surface area contributed by atoms with E-state index in [-0.39, 0.29) is 5.91 Å². The van der Waals surface area contributed by atoms with E-state index in [0.717, 1.165) is 48.7 Å². The molecule has 5 rings (SSSR count). The largest absolute Gasteiger partial charge is 0.480 e. The number of anilines is 2. The number of nitrogens with zero attached hydrogens (tertiary/aromatic N) is 2. The van der Waals surface area contributed by atoms with E-state index in [1.165, 1.54) is 22.1 Å². The van der Waals surface area contributed by atoms with Crippen LogP contribution in [-0.4, -0.2) is 43.7 Å². The first-order chi connectivity index (χ1) is 15.5. The predicted molar refractivity (Wildman–Crippen MR) is 131 cm³/mol. The number of carbonyl (C=O) groups excluding carboxylic acids is 1. The number of amides is 1. The van der Waals surface area contributed by atoms with Crippen molar-refractivity contribution < 1.29 is 14.3 Å². The molecule has 0 saturated carbocycles. The topological polar surface area (TPSA) is 63.7 Å². The molecular formula is C24H24ClN3O3S. The summed E-state index contributed by atoms with van der Waals surface area (Å²) in [5, 5.41) is 3.39. The number of rotatable bonds is 3. The van der Waals surface area contributed by atoms with Crippen LogP contribution in [0.25, 0.3) is 16.7 Å². The fourth-order valence-electron chi connectivity index (χ4n) is 3.58. The van der Waals surface area contributed by atoms with Gasteiger partial charge in [-0.05, 0) is 48.3 Å². The third kappa shape index (κ3) is 4.80. The minimum atomic E-state index is -0.166. The second-order valence-electron chi connectivity index (χ2n) is 7.44. The summed E-state index contributed by atoms with van der Waals surface area (Å²) in [4.78, 5) is 15.2. The van der Waals surface area contributed by atoms with Crippen LogP contribution in [0.3, 0.4) is 0 Å². The van der Waals surface area contributed by atoms with Crippen LogP contribution in [0.15, 0.2) is 49.0 Å². The quantitative estimate of drug-likeness (QED) is 0.529. The number of carbonyl (C=O) groups is 1. The molecule has 0 atom stereocenters. The number of methoxy groups -OCH3 is 1. The van der Waals surface area contributed by atoms with Gasteiger partial charge in [0.1, 0.15) is 0 Å². The monoisotopic (exact) mass is 469 g/mol. The molecule has 2 aliphatic rings. The number of aromatic nitrogens is 1. The van der Waals surface area contributed by atoms with E-state index in [0.29, 0.717) is 16.5 Å². The summed E-state index contributed by atoms with van der Waals surface area (Å²) in [6, 6.07) is 14.0. The van der Waals surface area contributed by atoms with Gasteiger partial charge in [0.05, 0.1) is 31.0 Å². The highest BCUT2D eigenvalue weighted by Crippen LogP contribution is 2.39. The highest BCUT2D eigenvalue weighted by molar-refractivity contribution is 7.05. The van der Waals surface area contributed by atoms with E-state index >= 15 is 0 Å². The van der Waals surface area contributed by atoms with E-state index in [1.807, 2.05) is 19.1 Å². The van der Waals surface area contributed by atoms with Gasteiger partial charge in [-0.1, -0.05) is 30.3 Å². The van der Waals surface area contributed by atoms with Crippen molar-refractivity contribution in [1.82, 2.24) is 4.37 Å². The van der Waals surface area contributed by atoms with Crippen molar-refractivity contribution >= 4 is 46.0 Å². The van der Waals surface area contributed by atoms with Crippen LogP contribution in [0.1, 0.15) is 10.4 Å². The number of hydrogen-bond donors (Lipinski definition) is 1. The molecule has 3 heterocycles. The molecule has 0 bridgehead atoms. The summed E-state index contributed by atoms with van der Waals surface area (Å²) in [6.45, 7) is 9.19. The molecule has 1 fully saturated rings. The van der Waals surface area contributed by atoms with Crippen LogP contribution in [0.5, 0.6) is 5.88 Å². The van der Waals surface area contributed by atoms with Crippen molar-refractivity contribution in [3.63, 3.8) is 0 Å². The molecule has 166 valence electrons. The van der Waals surface area contributed by atoms with Crippen LogP contribution in [0.4, 0.5) is 11.4 Å². The molecule has 0 spiro atoms. The maximum absolute atomic E-state index is 11.7. The zero-order valence-corrected chi connectivity index (χ0v) is 19.6. The van der Waals surface area contributed by atoms with Gasteiger partial charge in [-0.3, -0.25) is 4.79 Å². The lowest BCUT2D eigenvalue weighted by atomic mass is 9.99. The Morgan fingerprint density at radius 2 is 1.88 bits per heavy atom. The van der Waals surface area contributed by atoms with E-state index in [1.54, 1.807) is 13.2 Å². The van der Waals surface area contributed by atoms with Crippen LogP contribution in [-0.2, 0) is 9.53 Å². The summed E-state index contributed by atoms with van der Waals surface area (Å²) in [7, 11) is 1.62. The van der Waals surface area contributed by atoms with Crippen molar-refractivity contribution in [2.75, 3.05) is 43.6 Å². The Labute approximate surface area is 196 Å². The van der Waals surface area contributed by atoms with E-state index < -0.39 is 0 Å². The van der Waals surface area contributed by atoms with Gasteiger partial charge < -0.3 is 19.7 Å². The van der Waals surface area contributed by atoms with Crippen molar-refractivity contribution in [3.05, 3.63) is 64.5 Å². The Morgan fingerprint density at radius 1 is 1.16 bits per heavy atom. The second kappa shape index (κ2) is 9.73. The molecule has 32 heavy (non-hydrogen) atoms. The van der Waals surface area contributed by atoms with Gasteiger partial charge in [0.2, 0.25) is 5.88 Å². The van der Waals surface area contributed by atoms with Gasteiger partial charge in [0, 0.05) is 46.4 Å². The summed E-state index contributed by atoms with van der Waals surface area (Å²) < 4.78 is 14.2. The van der Waals surface area contributed by atoms with Gasteiger partial charge in [-0.15, -0.1) is 0 Å². The van der Waals surface area contributed by atoms with E-state index in [4.69, 9.17) is 21.1 Å². The average Bonchev–Trinajstić information content (AvgIpc) is 3.36. The SMILES string of the molecule is C=C1C(=O)Nc2cc(Cl)c(-c3ccc(N4CCOCC4)cc3)cc21.COc1cc(C)sn1. The number of nitrogens with one attached hydrogen (secondary N) is 1. The normalized spacial score (nSPS) is 15.0. The third-order valence-electron chi connectivity index (χ3n) is 5.32. The number of benzene rings is 2. The smallest absolute Gasteiger partial charge is 0.255 e. The molecular weight excluding hydrogens is 446 g/mol. The van der Waals surface area contributed by atoms with Crippen LogP contribution < -0.4 is 15.0 Å². The Bertz CT molecular complexity index is 1140. The zero-order valence-electron chi connectivity index (χ0n) is 18.0. The third-order valence-corrected chi connectivity index (χ3v) is 6.31. The highest BCUT2D eigenvalue weighted by atomic mass is 35.5. The van der Waals surface area contributed by atoms with Crippen molar-refractivity contribution in [2.45, 2.75) is 6.92 Å². The number of fused-ring (bicyclic) bond motifs is 1. The predicted octanol–water partition coefficient (Wildman–Crippen LogP) is 5.27. The summed E-state index contributed by atoms with van der Waals surface area (Å²) in [5.41, 5.74) is 5.13. The minimum Gasteiger partial charge on any atom is -0.480 e. The lowest BCUT2D eigenvalue weighted by Gasteiger charge is -2.29. The van der Waals surface area contributed by atoms with Crippen LogP contribution in [0.2, 0.25) is 5.02 Å². The lowest BCUT2D eigenvalue weighted by Crippen LogP contribution is -2.36. The fraction of sp³-hybridized carbons (Fsp3) is 0.250. The number of aryl methyl sites for hydroxylation is 1. The Morgan fingerprint density at radius 3 is 2.47 bits per heavy atom. The summed E-state index contributed by atoms with van der Waals surface area (Å²) in [5.74, 6) is 0.549. The van der Waals surface area contributed by atoms with Crippen LogP contribution in [0, 0.1) is 6.92 Å². The standard InChI is InChI=1S/C19H17ClN2O2.C5H7NOS/c1-12-15-10-16(17(20)11-18(15)21-19(12)23)13-2-4-14(5-3-13)22-6-8-24-9-7-22;1-4-3-5(7-2)6-8-4/h2-5,10-11H,1,6-9H2,(H,21,23);3H,1-2H3. The molecule has 0 unspecified atom stereocenters. The number of morpholine rings is 1. The first-order valence-electron chi connectivity index (χ1n) is 10.2. The number of hydrogen-bond acceptors (Lipinski definition) is 6. The average molecular weight is 470 g/mol. The number of ether oxygens (including phenoxy) is 2. The van der Waals surface area contributed by atoms with E-state index in [2.05, 4.69) is 45.4 Å². The first-order valence-corrected chi connectivity index (χ1v) is 11.4. The zero-order chi connectivity index (χ0) is 22.7. The molecule has 0 radical (unpaired) electrons. The second-order valence-corrected chi connectivity index (χ2v) is 8.85. The minimum absolute atomic E-state index is 0.166. The molecule has 2 aliphatic heterocycles. The Hall–Kier alpha value is -2.87. The van der Waals surface area contributed by atoms with Crippen molar-refractivity contribution in [1.29, 1.82) is 0 Å². The molecule has 1 aromatic heterocycles. The van der Waals surface area contributed by atoms with Crippen LogP contribution >= 0.6 is 23.1 Å². The number of halogens is 1. The van der Waals surface area contributed by atoms with Gasteiger partial charge in [-0.25, -0.2) is 0 Å². The van der Waals surface area contributed by atoms with Gasteiger partial charge in [-0.2, -0.15) is 4.37 Å². The summed E-state index contributed by atoms with van der Waals surface area (Å²) >= 11 is 7.87. The lowest BCUT2D eigenvalue weighted by molar-refractivity contribution is -0.110. The Balaban J connectivity index is 0.000000260. The molecule has 6 nitrogen and oxygen atoms in total. The summed E-state index contributed by atoms with van der Waals surface area (Å²) in [6.07, 6.45) is 0. The molecule has 1 N–H and O–H groups in total. The molecule has 8 heteroatoms. The first kappa shape index (κ1) is 22.3.